The summed E-state index contributed by atoms with van der Waals surface area (Å²) in [5.41, 5.74) is -2.21. The molecule has 5 nitrogen and oxygen atoms in total. The van der Waals surface area contributed by atoms with Gasteiger partial charge in [0.25, 0.3) is 5.91 Å². The molecule has 0 fully saturated rings. The van der Waals surface area contributed by atoms with Gasteiger partial charge >= 0.3 is 6.18 Å². The predicted octanol–water partition coefficient (Wildman–Crippen LogP) is 3.68. The van der Waals surface area contributed by atoms with Gasteiger partial charge in [0.15, 0.2) is 5.69 Å². The fourth-order valence-electron chi connectivity index (χ4n) is 2.23. The standard InChI is InChI=1S/C16H10F4N4O/c17-12-3-1-2-4-13(12)24-14(16(18,19)20)11(9-22-24)15(25)23-10-5-7-21-8-6-10/h1-9H,(H,21,23,25). The van der Waals surface area contributed by atoms with E-state index >= 15 is 0 Å². The quantitative estimate of drug-likeness (QED) is 0.733. The number of halogens is 4. The number of alkyl halides is 3. The number of anilines is 1. The number of hydrogen-bond donors (Lipinski definition) is 1. The van der Waals surface area contributed by atoms with Gasteiger partial charge in [0.05, 0.1) is 11.8 Å². The van der Waals surface area contributed by atoms with Crippen molar-refractivity contribution in [1.29, 1.82) is 0 Å². The molecule has 0 bridgehead atoms. The first-order valence-corrected chi connectivity index (χ1v) is 6.99. The second-order valence-electron chi connectivity index (χ2n) is 4.96. The topological polar surface area (TPSA) is 59.8 Å². The number of rotatable bonds is 3. The minimum atomic E-state index is -4.91. The molecule has 0 saturated carbocycles. The van der Waals surface area contributed by atoms with Crippen LogP contribution in [0.25, 0.3) is 5.69 Å². The van der Waals surface area contributed by atoms with Crippen LogP contribution in [0.4, 0.5) is 23.2 Å². The van der Waals surface area contributed by atoms with Crippen LogP contribution in [0.2, 0.25) is 0 Å². The Morgan fingerprint density at radius 3 is 2.40 bits per heavy atom. The van der Waals surface area contributed by atoms with Crippen LogP contribution in [-0.2, 0) is 6.18 Å². The van der Waals surface area contributed by atoms with Crippen LogP contribution >= 0.6 is 0 Å². The third-order valence-electron chi connectivity index (χ3n) is 3.30. The maximum Gasteiger partial charge on any atom is 0.434 e. The fourth-order valence-corrected chi connectivity index (χ4v) is 2.23. The Labute approximate surface area is 138 Å². The van der Waals surface area contributed by atoms with Crippen LogP contribution in [0, 0.1) is 5.82 Å². The number of nitrogens with zero attached hydrogens (tertiary/aromatic N) is 3. The van der Waals surface area contributed by atoms with Gasteiger partial charge in [-0.2, -0.15) is 18.3 Å². The lowest BCUT2D eigenvalue weighted by Gasteiger charge is -2.13. The van der Waals surface area contributed by atoms with Crippen LogP contribution in [0.5, 0.6) is 0 Å². The molecule has 1 amide bonds. The number of carbonyl (C=O) groups is 1. The van der Waals surface area contributed by atoms with E-state index < -0.39 is 34.8 Å². The maximum atomic E-state index is 13.9. The highest BCUT2D eigenvalue weighted by molar-refractivity contribution is 6.05. The second kappa shape index (κ2) is 6.34. The molecule has 3 aromatic rings. The molecule has 0 atom stereocenters. The molecule has 0 saturated heterocycles. The van der Waals surface area contributed by atoms with Crippen LogP contribution in [-0.4, -0.2) is 20.7 Å². The Morgan fingerprint density at radius 1 is 1.08 bits per heavy atom. The summed E-state index contributed by atoms with van der Waals surface area (Å²) in [6.45, 7) is 0. The molecule has 0 radical (unpaired) electrons. The summed E-state index contributed by atoms with van der Waals surface area (Å²) >= 11 is 0. The summed E-state index contributed by atoms with van der Waals surface area (Å²) in [5, 5.41) is 5.88. The molecule has 2 heterocycles. The van der Waals surface area contributed by atoms with Crippen molar-refractivity contribution in [3.63, 3.8) is 0 Å². The molecule has 0 aliphatic rings. The number of para-hydroxylation sites is 1. The van der Waals surface area contributed by atoms with Gasteiger partial charge in [-0.05, 0) is 24.3 Å². The van der Waals surface area contributed by atoms with E-state index in [-0.39, 0.29) is 5.69 Å². The van der Waals surface area contributed by atoms with Gasteiger partial charge in [0.1, 0.15) is 11.5 Å². The molecule has 128 valence electrons. The van der Waals surface area contributed by atoms with Crippen LogP contribution in [0.3, 0.4) is 0 Å². The van der Waals surface area contributed by atoms with E-state index in [1.807, 2.05) is 0 Å². The minimum absolute atomic E-state index is 0.270. The number of amides is 1. The molecule has 3 rings (SSSR count). The number of benzene rings is 1. The van der Waals surface area contributed by atoms with Gasteiger partial charge in [-0.15, -0.1) is 0 Å². The Bertz CT molecular complexity index is 906. The predicted molar refractivity (Wildman–Crippen MR) is 80.7 cm³/mol. The van der Waals surface area contributed by atoms with Crippen molar-refractivity contribution in [2.75, 3.05) is 5.32 Å². The van der Waals surface area contributed by atoms with Crippen molar-refractivity contribution >= 4 is 11.6 Å². The van der Waals surface area contributed by atoms with Gasteiger partial charge in [0.2, 0.25) is 0 Å². The van der Waals surface area contributed by atoms with Gasteiger partial charge in [-0.1, -0.05) is 12.1 Å². The molecule has 1 aromatic carbocycles. The lowest BCUT2D eigenvalue weighted by atomic mass is 10.2. The van der Waals surface area contributed by atoms with E-state index in [0.29, 0.717) is 4.68 Å². The first-order valence-electron chi connectivity index (χ1n) is 6.99. The van der Waals surface area contributed by atoms with Gasteiger partial charge in [-0.3, -0.25) is 9.78 Å². The van der Waals surface area contributed by atoms with Crippen molar-refractivity contribution in [3.8, 4) is 5.69 Å². The largest absolute Gasteiger partial charge is 0.434 e. The summed E-state index contributed by atoms with van der Waals surface area (Å²) in [7, 11) is 0. The van der Waals surface area contributed by atoms with E-state index in [0.717, 1.165) is 18.3 Å². The molecule has 0 aliphatic heterocycles. The third-order valence-corrected chi connectivity index (χ3v) is 3.30. The average molecular weight is 350 g/mol. The zero-order valence-corrected chi connectivity index (χ0v) is 12.5. The van der Waals surface area contributed by atoms with Gasteiger partial charge in [0, 0.05) is 18.1 Å². The number of carbonyl (C=O) groups excluding carboxylic acids is 1. The summed E-state index contributed by atoms with van der Waals surface area (Å²) < 4.78 is 54.7. The smallest absolute Gasteiger partial charge is 0.322 e. The summed E-state index contributed by atoms with van der Waals surface area (Å²) in [4.78, 5) is 16.0. The normalized spacial score (nSPS) is 11.4. The van der Waals surface area contributed by atoms with Crippen LogP contribution in [0.1, 0.15) is 16.1 Å². The maximum absolute atomic E-state index is 13.9. The molecule has 2 aromatic heterocycles. The first kappa shape index (κ1) is 16.6. The number of hydrogen-bond acceptors (Lipinski definition) is 3. The number of aromatic nitrogens is 3. The van der Waals surface area contributed by atoms with E-state index in [1.165, 1.54) is 36.7 Å². The Kier molecular flexibility index (Phi) is 4.22. The molecule has 1 N–H and O–H groups in total. The van der Waals surface area contributed by atoms with Crippen molar-refractivity contribution < 1.29 is 22.4 Å². The summed E-state index contributed by atoms with van der Waals surface area (Å²) in [5.74, 6) is -1.90. The van der Waals surface area contributed by atoms with E-state index in [2.05, 4.69) is 15.4 Å². The summed E-state index contributed by atoms with van der Waals surface area (Å²) in [6.07, 6.45) is -1.40. The molecule has 9 heteroatoms. The lowest BCUT2D eigenvalue weighted by Crippen LogP contribution is -2.21. The van der Waals surface area contributed by atoms with Crippen molar-refractivity contribution in [2.45, 2.75) is 6.18 Å². The van der Waals surface area contributed by atoms with Gasteiger partial charge < -0.3 is 5.32 Å². The first-order chi connectivity index (χ1) is 11.9. The highest BCUT2D eigenvalue weighted by Gasteiger charge is 2.41. The fraction of sp³-hybridized carbons (Fsp3) is 0.0625. The summed E-state index contributed by atoms with van der Waals surface area (Å²) in [6, 6.07) is 7.71. The van der Waals surface area contributed by atoms with Crippen molar-refractivity contribution in [2.24, 2.45) is 0 Å². The minimum Gasteiger partial charge on any atom is -0.322 e. The second-order valence-corrected chi connectivity index (χ2v) is 4.96. The van der Waals surface area contributed by atoms with Crippen molar-refractivity contribution in [1.82, 2.24) is 14.8 Å². The lowest BCUT2D eigenvalue weighted by molar-refractivity contribution is -0.143. The SMILES string of the molecule is O=C(Nc1ccncc1)c1cnn(-c2ccccc2F)c1C(F)(F)F. The highest BCUT2D eigenvalue weighted by atomic mass is 19.4. The molecular formula is C16H10F4N4O. The Hall–Kier alpha value is -3.23. The Balaban J connectivity index is 2.06. The molecule has 0 unspecified atom stereocenters. The number of pyridine rings is 1. The van der Waals surface area contributed by atoms with E-state index in [4.69, 9.17) is 0 Å². The average Bonchev–Trinajstić information content (AvgIpc) is 3.01. The van der Waals surface area contributed by atoms with E-state index in [9.17, 15) is 22.4 Å². The highest BCUT2D eigenvalue weighted by Crippen LogP contribution is 2.34. The van der Waals surface area contributed by atoms with Crippen LogP contribution in [0.15, 0.2) is 55.0 Å². The van der Waals surface area contributed by atoms with Crippen LogP contribution < -0.4 is 5.32 Å². The molecular weight excluding hydrogens is 340 g/mol. The zero-order chi connectivity index (χ0) is 18.0. The number of nitrogens with one attached hydrogen (secondary N) is 1. The Morgan fingerprint density at radius 2 is 1.76 bits per heavy atom. The third kappa shape index (κ3) is 3.35. The molecule has 0 spiro atoms. The molecule has 25 heavy (non-hydrogen) atoms. The monoisotopic (exact) mass is 350 g/mol. The molecule has 0 aliphatic carbocycles. The zero-order valence-electron chi connectivity index (χ0n) is 12.5. The van der Waals surface area contributed by atoms with Crippen molar-refractivity contribution in [3.05, 3.63) is 72.1 Å². The van der Waals surface area contributed by atoms with E-state index in [1.54, 1.807) is 0 Å². The van der Waals surface area contributed by atoms with Gasteiger partial charge in [-0.25, -0.2) is 9.07 Å².